The number of rotatable bonds is 3. The summed E-state index contributed by atoms with van der Waals surface area (Å²) in [5, 5.41) is 0. The van der Waals surface area contributed by atoms with Crippen LogP contribution in [0.25, 0.3) is 0 Å². The Kier molecular flexibility index (Phi) is 4.93. The molecule has 0 atom stereocenters. The normalized spacial score (nSPS) is 14.8. The van der Waals surface area contributed by atoms with Gasteiger partial charge in [0.2, 0.25) is 0 Å². The van der Waals surface area contributed by atoms with Gasteiger partial charge in [-0.15, -0.1) is 0 Å². The van der Waals surface area contributed by atoms with Crippen LogP contribution >= 0.6 is 10.7 Å². The molecule has 0 aromatic carbocycles. The van der Waals surface area contributed by atoms with E-state index in [1.165, 1.54) is 13.0 Å². The van der Waals surface area contributed by atoms with E-state index in [9.17, 15) is 8.42 Å². The molecular formula is C8H11ClO2S. The molecule has 0 aliphatic carbocycles. The molecule has 2 nitrogen and oxygen atoms in total. The van der Waals surface area contributed by atoms with E-state index >= 15 is 0 Å². The van der Waals surface area contributed by atoms with Crippen LogP contribution in [0.15, 0.2) is 35.3 Å². The van der Waals surface area contributed by atoms with E-state index in [0.29, 0.717) is 0 Å². The highest BCUT2D eigenvalue weighted by Gasteiger charge is 2.05. The molecule has 0 bridgehead atoms. The van der Waals surface area contributed by atoms with Gasteiger partial charge in [0.25, 0.3) is 9.05 Å². The predicted octanol–water partition coefficient (Wildman–Crippen LogP) is 2.59. The summed E-state index contributed by atoms with van der Waals surface area (Å²) in [6.07, 6.45) is 8.43. The Morgan fingerprint density at radius 1 is 1.25 bits per heavy atom. The smallest absolute Gasteiger partial charge is 0.207 e. The van der Waals surface area contributed by atoms with Crippen molar-refractivity contribution in [1.82, 2.24) is 0 Å². The molecule has 0 N–H and O–H groups in total. The first-order valence-electron chi connectivity index (χ1n) is 3.39. The molecule has 0 unspecified atom stereocenters. The van der Waals surface area contributed by atoms with Crippen molar-refractivity contribution in [2.75, 3.05) is 0 Å². The van der Waals surface area contributed by atoms with E-state index in [-0.39, 0.29) is 4.91 Å². The topological polar surface area (TPSA) is 34.1 Å². The highest BCUT2D eigenvalue weighted by Crippen LogP contribution is 2.10. The van der Waals surface area contributed by atoms with Gasteiger partial charge in [0, 0.05) is 10.7 Å². The summed E-state index contributed by atoms with van der Waals surface area (Å²) >= 11 is 0. The monoisotopic (exact) mass is 206 g/mol. The lowest BCUT2D eigenvalue weighted by Gasteiger charge is -1.89. The van der Waals surface area contributed by atoms with Crippen LogP contribution in [0, 0.1) is 0 Å². The zero-order valence-corrected chi connectivity index (χ0v) is 8.56. The van der Waals surface area contributed by atoms with Crippen molar-refractivity contribution in [2.45, 2.75) is 13.8 Å². The van der Waals surface area contributed by atoms with Crippen LogP contribution in [-0.2, 0) is 9.05 Å². The van der Waals surface area contributed by atoms with E-state index in [1.54, 1.807) is 18.2 Å². The first-order valence-corrected chi connectivity index (χ1v) is 5.70. The maximum atomic E-state index is 10.6. The molecule has 0 radical (unpaired) electrons. The molecule has 12 heavy (non-hydrogen) atoms. The van der Waals surface area contributed by atoms with Crippen LogP contribution in [-0.4, -0.2) is 8.42 Å². The first kappa shape index (κ1) is 11.5. The third-order valence-electron chi connectivity index (χ3n) is 1.13. The molecule has 0 fully saturated rings. The van der Waals surface area contributed by atoms with Gasteiger partial charge in [0.05, 0.1) is 4.91 Å². The third kappa shape index (κ3) is 5.16. The quantitative estimate of drug-likeness (QED) is 0.526. The summed E-state index contributed by atoms with van der Waals surface area (Å²) in [4.78, 5) is 0.143. The van der Waals surface area contributed by atoms with Crippen LogP contribution in [0.4, 0.5) is 0 Å². The van der Waals surface area contributed by atoms with Gasteiger partial charge in [-0.25, -0.2) is 8.42 Å². The van der Waals surface area contributed by atoms with Crippen molar-refractivity contribution in [3.05, 3.63) is 35.3 Å². The van der Waals surface area contributed by atoms with E-state index in [4.69, 9.17) is 10.7 Å². The minimum absolute atomic E-state index is 0.143. The first-order chi connectivity index (χ1) is 5.48. The second-order valence-corrected chi connectivity index (χ2v) is 4.86. The minimum atomic E-state index is -3.53. The van der Waals surface area contributed by atoms with Crippen molar-refractivity contribution in [3.8, 4) is 0 Å². The summed E-state index contributed by atoms with van der Waals surface area (Å²) in [7, 11) is 1.52. The van der Waals surface area contributed by atoms with Gasteiger partial charge in [-0.1, -0.05) is 24.3 Å². The summed E-state index contributed by atoms with van der Waals surface area (Å²) in [5.74, 6) is 0. The Labute approximate surface area is 77.7 Å². The number of allylic oxidation sites excluding steroid dienone is 6. The third-order valence-corrected chi connectivity index (χ3v) is 2.77. The number of hydrogen-bond acceptors (Lipinski definition) is 2. The van der Waals surface area contributed by atoms with Gasteiger partial charge < -0.3 is 0 Å². The van der Waals surface area contributed by atoms with Crippen LogP contribution < -0.4 is 0 Å². The summed E-state index contributed by atoms with van der Waals surface area (Å²) in [6.45, 7) is 3.32. The second-order valence-electron chi connectivity index (χ2n) is 2.13. The van der Waals surface area contributed by atoms with E-state index < -0.39 is 9.05 Å². The fourth-order valence-electron chi connectivity index (χ4n) is 0.448. The molecule has 0 aromatic heterocycles. The molecule has 0 rings (SSSR count). The molecule has 68 valence electrons. The summed E-state index contributed by atoms with van der Waals surface area (Å²) < 4.78 is 21.3. The molecular weight excluding hydrogens is 196 g/mol. The highest BCUT2D eigenvalue weighted by molar-refractivity contribution is 8.16. The highest BCUT2D eigenvalue weighted by atomic mass is 35.7. The number of halogens is 1. The van der Waals surface area contributed by atoms with Gasteiger partial charge in [-0.2, -0.15) is 0 Å². The van der Waals surface area contributed by atoms with Crippen LogP contribution in [0.3, 0.4) is 0 Å². The molecule has 4 heteroatoms. The van der Waals surface area contributed by atoms with Gasteiger partial charge in [0.1, 0.15) is 0 Å². The molecule has 0 amide bonds. The fraction of sp³-hybridized carbons (Fsp3) is 0.250. The molecule has 0 spiro atoms. The van der Waals surface area contributed by atoms with Crippen molar-refractivity contribution in [1.29, 1.82) is 0 Å². The minimum Gasteiger partial charge on any atom is -0.207 e. The average molecular weight is 207 g/mol. The Bertz CT molecular complexity index is 310. The summed E-state index contributed by atoms with van der Waals surface area (Å²) in [5.41, 5.74) is 0. The van der Waals surface area contributed by atoms with Crippen molar-refractivity contribution < 1.29 is 8.42 Å². The Balaban J connectivity index is 4.40. The lowest BCUT2D eigenvalue weighted by molar-refractivity contribution is 0.615. The molecule has 0 saturated carbocycles. The van der Waals surface area contributed by atoms with Gasteiger partial charge in [0.15, 0.2) is 0 Å². The lowest BCUT2D eigenvalue weighted by atomic mass is 10.4. The van der Waals surface area contributed by atoms with Crippen molar-refractivity contribution in [3.63, 3.8) is 0 Å². The molecule has 0 aliphatic heterocycles. The zero-order chi connectivity index (χ0) is 9.61. The molecule has 0 heterocycles. The molecule has 0 aliphatic rings. The van der Waals surface area contributed by atoms with Crippen LogP contribution in [0.5, 0.6) is 0 Å². The Hall–Kier alpha value is -0.540. The maximum Gasteiger partial charge on any atom is 0.257 e. The molecule has 0 saturated heterocycles. The Morgan fingerprint density at radius 2 is 1.83 bits per heavy atom. The fourth-order valence-corrected chi connectivity index (χ4v) is 0.843. The standard InChI is InChI=1S/C8H11ClO2S/c1-3-4-5-6-7-8(2)12(9,10)11/h3-7H,1-2H3/b4-3-,6-5-,8-7+. The zero-order valence-electron chi connectivity index (χ0n) is 6.99. The van der Waals surface area contributed by atoms with Gasteiger partial charge >= 0.3 is 0 Å². The van der Waals surface area contributed by atoms with Gasteiger partial charge in [-0.05, 0) is 19.9 Å². The van der Waals surface area contributed by atoms with Crippen LogP contribution in [0.1, 0.15) is 13.8 Å². The second kappa shape index (κ2) is 5.17. The van der Waals surface area contributed by atoms with Crippen molar-refractivity contribution in [2.24, 2.45) is 0 Å². The van der Waals surface area contributed by atoms with Crippen molar-refractivity contribution >= 4 is 19.7 Å². The van der Waals surface area contributed by atoms with E-state index in [2.05, 4.69) is 0 Å². The van der Waals surface area contributed by atoms with Gasteiger partial charge in [-0.3, -0.25) is 0 Å². The van der Waals surface area contributed by atoms with E-state index in [1.807, 2.05) is 13.0 Å². The average Bonchev–Trinajstić information content (AvgIpc) is 1.96. The Morgan fingerprint density at radius 3 is 2.25 bits per heavy atom. The number of hydrogen-bond donors (Lipinski definition) is 0. The molecule has 0 aromatic rings. The van der Waals surface area contributed by atoms with Crippen LogP contribution in [0.2, 0.25) is 0 Å². The lowest BCUT2D eigenvalue weighted by Crippen LogP contribution is -1.88. The largest absolute Gasteiger partial charge is 0.257 e. The predicted molar refractivity (Wildman–Crippen MR) is 52.5 cm³/mol. The summed E-state index contributed by atoms with van der Waals surface area (Å²) in [6, 6.07) is 0. The van der Waals surface area contributed by atoms with E-state index in [0.717, 1.165) is 0 Å². The SMILES string of the molecule is C\C=C/C=C\C=C(/C)S(=O)(=O)Cl. The maximum absolute atomic E-state index is 10.6.